The van der Waals surface area contributed by atoms with Crippen molar-refractivity contribution in [1.29, 1.82) is 0 Å². The number of nitrogens with zero attached hydrogens (tertiary/aromatic N) is 1. The van der Waals surface area contributed by atoms with Crippen molar-refractivity contribution >= 4 is 0 Å². The van der Waals surface area contributed by atoms with E-state index in [1.807, 2.05) is 12.1 Å². The van der Waals surface area contributed by atoms with Crippen LogP contribution in [0.1, 0.15) is 43.8 Å². The Bertz CT molecular complexity index is 645. The second kappa shape index (κ2) is 4.47. The Kier molecular flexibility index (Phi) is 2.68. The van der Waals surface area contributed by atoms with Crippen LogP contribution in [0.3, 0.4) is 0 Å². The van der Waals surface area contributed by atoms with E-state index in [9.17, 15) is 15.2 Å². The number of fused-ring (bicyclic) bond motifs is 1. The average Bonchev–Trinajstić information content (AvgIpc) is 2.51. The average molecular weight is 315 g/mol. The number of aliphatic hydroxyl groups excluding tert-OH is 1. The fraction of sp³-hybridized carbons (Fsp3) is 0.667. The molecular formula is C18H21NO4. The van der Waals surface area contributed by atoms with E-state index in [1.54, 1.807) is 12.1 Å². The highest BCUT2D eigenvalue weighted by atomic mass is 16.6. The second-order valence-corrected chi connectivity index (χ2v) is 7.97. The molecule has 1 spiro atoms. The monoisotopic (exact) mass is 315 g/mol. The highest BCUT2D eigenvalue weighted by Gasteiger charge is 2.69. The molecule has 1 aromatic rings. The van der Waals surface area contributed by atoms with E-state index in [-0.39, 0.29) is 16.8 Å². The lowest BCUT2D eigenvalue weighted by Gasteiger charge is -2.61. The fourth-order valence-electron chi connectivity index (χ4n) is 6.34. The van der Waals surface area contributed by atoms with Crippen LogP contribution in [0, 0.1) is 33.8 Å². The third kappa shape index (κ3) is 1.66. The molecule has 5 aliphatic rings. The fourth-order valence-corrected chi connectivity index (χ4v) is 6.34. The number of ether oxygens (including phenoxy) is 1. The lowest BCUT2D eigenvalue weighted by Crippen LogP contribution is -2.70. The SMILES string of the molecule is O=[N+]([O-])[C@H]1[C@@H](O)c2ccccc2OC12C1CC3CC(C1)CC2C3. The van der Waals surface area contributed by atoms with E-state index >= 15 is 0 Å². The third-order valence-electron chi connectivity index (χ3n) is 6.93. The lowest BCUT2D eigenvalue weighted by molar-refractivity contribution is -0.569. The normalized spacial score (nSPS) is 46.5. The molecule has 5 heteroatoms. The molecule has 0 amide bonds. The van der Waals surface area contributed by atoms with Crippen molar-refractivity contribution in [3.05, 3.63) is 39.9 Å². The number of para-hydroxylation sites is 1. The van der Waals surface area contributed by atoms with Gasteiger partial charge in [0.2, 0.25) is 0 Å². The summed E-state index contributed by atoms with van der Waals surface area (Å²) in [6, 6.07) is 6.23. The molecule has 6 rings (SSSR count). The van der Waals surface area contributed by atoms with Gasteiger partial charge in [0.1, 0.15) is 5.75 Å². The van der Waals surface area contributed by atoms with Crippen LogP contribution in [0.2, 0.25) is 0 Å². The van der Waals surface area contributed by atoms with Gasteiger partial charge in [0.15, 0.2) is 11.7 Å². The van der Waals surface area contributed by atoms with Crippen molar-refractivity contribution in [2.45, 2.75) is 49.9 Å². The summed E-state index contributed by atoms with van der Waals surface area (Å²) in [6.07, 6.45) is 4.29. The molecule has 4 bridgehead atoms. The van der Waals surface area contributed by atoms with Crippen molar-refractivity contribution in [2.24, 2.45) is 23.7 Å². The van der Waals surface area contributed by atoms with E-state index in [4.69, 9.17) is 4.74 Å². The van der Waals surface area contributed by atoms with Crippen molar-refractivity contribution in [2.75, 3.05) is 0 Å². The van der Waals surface area contributed by atoms with Crippen molar-refractivity contribution in [1.82, 2.24) is 0 Å². The van der Waals surface area contributed by atoms with Gasteiger partial charge in [-0.3, -0.25) is 10.1 Å². The summed E-state index contributed by atoms with van der Waals surface area (Å²) >= 11 is 0. The summed E-state index contributed by atoms with van der Waals surface area (Å²) in [6.45, 7) is 0. The van der Waals surface area contributed by atoms with Gasteiger partial charge in [-0.1, -0.05) is 18.2 Å². The maximum atomic E-state index is 11.9. The van der Waals surface area contributed by atoms with Gasteiger partial charge in [-0.05, 0) is 50.0 Å². The van der Waals surface area contributed by atoms with E-state index in [2.05, 4.69) is 0 Å². The quantitative estimate of drug-likeness (QED) is 0.639. The molecule has 1 heterocycles. The number of benzene rings is 1. The highest BCUT2D eigenvalue weighted by molar-refractivity contribution is 5.40. The van der Waals surface area contributed by atoms with Crippen LogP contribution in [0.4, 0.5) is 0 Å². The Labute approximate surface area is 134 Å². The Morgan fingerprint density at radius 2 is 1.70 bits per heavy atom. The Hall–Kier alpha value is -1.62. The number of hydrogen-bond acceptors (Lipinski definition) is 4. The molecule has 1 N–H and O–H groups in total. The summed E-state index contributed by atoms with van der Waals surface area (Å²) in [5, 5.41) is 22.8. The molecule has 1 aliphatic heterocycles. The van der Waals surface area contributed by atoms with Crippen LogP contribution in [-0.2, 0) is 0 Å². The molecule has 4 saturated carbocycles. The van der Waals surface area contributed by atoms with Gasteiger partial charge in [-0.2, -0.15) is 0 Å². The van der Waals surface area contributed by atoms with Crippen molar-refractivity contribution < 1.29 is 14.8 Å². The van der Waals surface area contributed by atoms with Crippen LogP contribution in [-0.4, -0.2) is 21.7 Å². The molecule has 0 saturated heterocycles. The Balaban J connectivity index is 1.68. The van der Waals surface area contributed by atoms with Gasteiger partial charge in [0.05, 0.1) is 0 Å². The molecule has 4 aliphatic carbocycles. The summed E-state index contributed by atoms with van der Waals surface area (Å²) in [4.78, 5) is 11.7. The first-order chi connectivity index (χ1) is 11.1. The minimum atomic E-state index is -1.08. The van der Waals surface area contributed by atoms with E-state index in [0.29, 0.717) is 23.1 Å². The van der Waals surface area contributed by atoms with Crippen LogP contribution < -0.4 is 4.74 Å². The predicted octanol–water partition coefficient (Wildman–Crippen LogP) is 2.95. The van der Waals surface area contributed by atoms with Gasteiger partial charge < -0.3 is 9.84 Å². The van der Waals surface area contributed by atoms with Gasteiger partial charge in [0.25, 0.3) is 6.04 Å². The summed E-state index contributed by atoms with van der Waals surface area (Å²) in [7, 11) is 0. The standard InChI is InChI=1S/C18H21NO4/c20-16-14-3-1-2-4-15(14)23-18(17(16)19(21)22)12-6-10-5-11(8-12)9-13(18)7-10/h1-4,10-13,16-17,20H,5-9H2/t10?,11?,12?,13?,16-,17-,18?/m0/s1. The molecule has 0 unspecified atom stereocenters. The molecule has 4 fully saturated rings. The molecule has 0 radical (unpaired) electrons. The van der Waals surface area contributed by atoms with E-state index < -0.39 is 17.7 Å². The molecule has 5 nitrogen and oxygen atoms in total. The lowest BCUT2D eigenvalue weighted by atomic mass is 9.47. The number of hydrogen-bond donors (Lipinski definition) is 1. The number of rotatable bonds is 1. The van der Waals surface area contributed by atoms with Crippen molar-refractivity contribution in [3.8, 4) is 5.75 Å². The highest BCUT2D eigenvalue weighted by Crippen LogP contribution is 2.63. The maximum absolute atomic E-state index is 11.9. The first kappa shape index (κ1) is 13.8. The first-order valence-corrected chi connectivity index (χ1v) is 8.69. The summed E-state index contributed by atoms with van der Waals surface area (Å²) in [5.74, 6) is 2.46. The van der Waals surface area contributed by atoms with Gasteiger partial charge in [0, 0.05) is 22.3 Å². The van der Waals surface area contributed by atoms with Gasteiger partial charge in [-0.25, -0.2) is 0 Å². The molecule has 2 atom stereocenters. The smallest absolute Gasteiger partial charge is 0.282 e. The second-order valence-electron chi connectivity index (χ2n) is 7.97. The summed E-state index contributed by atoms with van der Waals surface area (Å²) in [5.41, 5.74) is -0.251. The topological polar surface area (TPSA) is 72.6 Å². The zero-order valence-corrected chi connectivity index (χ0v) is 12.9. The van der Waals surface area contributed by atoms with Crippen LogP contribution in [0.15, 0.2) is 24.3 Å². The molecule has 0 aromatic heterocycles. The molecule has 122 valence electrons. The molecule has 1 aromatic carbocycles. The minimum absolute atomic E-state index is 0.206. The van der Waals surface area contributed by atoms with E-state index in [0.717, 1.165) is 25.7 Å². The summed E-state index contributed by atoms with van der Waals surface area (Å²) < 4.78 is 6.44. The van der Waals surface area contributed by atoms with E-state index in [1.165, 1.54) is 6.42 Å². The third-order valence-corrected chi connectivity index (χ3v) is 6.93. The van der Waals surface area contributed by atoms with Crippen LogP contribution in [0.5, 0.6) is 5.75 Å². The maximum Gasteiger partial charge on any atom is 0.282 e. The molecule has 23 heavy (non-hydrogen) atoms. The Morgan fingerprint density at radius 3 is 2.30 bits per heavy atom. The predicted molar refractivity (Wildman–Crippen MR) is 82.6 cm³/mol. The zero-order valence-electron chi connectivity index (χ0n) is 12.9. The first-order valence-electron chi connectivity index (χ1n) is 8.69. The molecular weight excluding hydrogens is 294 g/mol. The Morgan fingerprint density at radius 1 is 1.09 bits per heavy atom. The van der Waals surface area contributed by atoms with Crippen LogP contribution in [0.25, 0.3) is 0 Å². The van der Waals surface area contributed by atoms with Gasteiger partial charge >= 0.3 is 0 Å². The number of aliphatic hydroxyl groups is 1. The largest absolute Gasteiger partial charge is 0.479 e. The zero-order chi connectivity index (χ0) is 15.8. The minimum Gasteiger partial charge on any atom is -0.479 e. The van der Waals surface area contributed by atoms with Crippen molar-refractivity contribution in [3.63, 3.8) is 0 Å². The number of nitro groups is 1. The van der Waals surface area contributed by atoms with Crippen LogP contribution >= 0.6 is 0 Å². The van der Waals surface area contributed by atoms with Gasteiger partial charge in [-0.15, -0.1) is 0 Å².